The molecule has 3 aromatic rings. The molecule has 1 unspecified atom stereocenters. The van der Waals surface area contributed by atoms with Gasteiger partial charge in [-0.15, -0.1) is 11.8 Å². The molecule has 0 radical (unpaired) electrons. The van der Waals surface area contributed by atoms with E-state index in [-0.39, 0.29) is 30.2 Å². The fraction of sp³-hybridized carbons (Fsp3) is 0.355. The molecule has 1 saturated carbocycles. The summed E-state index contributed by atoms with van der Waals surface area (Å²) in [5.74, 6) is 0.0303. The Labute approximate surface area is 240 Å². The first kappa shape index (κ1) is 28.5. The third kappa shape index (κ3) is 8.26. The fourth-order valence-corrected chi connectivity index (χ4v) is 5.90. The van der Waals surface area contributed by atoms with Crippen molar-refractivity contribution in [1.29, 1.82) is 0 Å². The largest absolute Gasteiger partial charge is 0.352 e. The van der Waals surface area contributed by atoms with Crippen LogP contribution in [0.5, 0.6) is 0 Å². The maximum Gasteiger partial charge on any atom is 0.243 e. The van der Waals surface area contributed by atoms with Gasteiger partial charge in [0.15, 0.2) is 0 Å². The lowest BCUT2D eigenvalue weighted by Crippen LogP contribution is -2.53. The van der Waals surface area contributed by atoms with Crippen molar-refractivity contribution in [3.63, 3.8) is 0 Å². The van der Waals surface area contributed by atoms with Crippen LogP contribution in [0.4, 0.5) is 0 Å². The van der Waals surface area contributed by atoms with Crippen LogP contribution >= 0.6 is 35.0 Å². The minimum Gasteiger partial charge on any atom is -0.352 e. The maximum atomic E-state index is 13.8. The minimum atomic E-state index is -0.653. The molecule has 0 heterocycles. The predicted octanol–water partition coefficient (Wildman–Crippen LogP) is 7.48. The predicted molar refractivity (Wildman–Crippen MR) is 158 cm³/mol. The van der Waals surface area contributed by atoms with Crippen molar-refractivity contribution >= 4 is 46.8 Å². The molecule has 0 bridgehead atoms. The first-order chi connectivity index (χ1) is 18.4. The first-order valence-corrected chi connectivity index (χ1v) is 14.9. The summed E-state index contributed by atoms with van der Waals surface area (Å²) in [4.78, 5) is 30.4. The van der Waals surface area contributed by atoms with Crippen molar-refractivity contribution in [3.8, 4) is 0 Å². The molecule has 38 heavy (non-hydrogen) atoms. The standard InChI is InChI=1S/C31H34Cl2N2O2S/c1-22-12-15-26(16-13-22)38-21-30(36)35(20-24-14-17-27(32)28(33)18-24)29(19-23-8-4-2-5-9-23)31(37)34-25-10-6-3-7-11-25/h2,4-5,8-9,12-18,25,29H,3,6-7,10-11,19-21H2,1H3,(H,34,37). The second-order valence-electron chi connectivity index (χ2n) is 9.92. The number of carbonyl (C=O) groups excluding carboxylic acids is 2. The van der Waals surface area contributed by atoms with Crippen LogP contribution in [0.25, 0.3) is 0 Å². The van der Waals surface area contributed by atoms with E-state index in [4.69, 9.17) is 23.2 Å². The van der Waals surface area contributed by atoms with Gasteiger partial charge >= 0.3 is 0 Å². The van der Waals surface area contributed by atoms with Gasteiger partial charge in [0.25, 0.3) is 0 Å². The highest BCUT2D eigenvalue weighted by Crippen LogP contribution is 2.26. The molecule has 1 aliphatic rings. The number of nitrogens with one attached hydrogen (secondary N) is 1. The molecule has 1 aliphatic carbocycles. The molecule has 7 heteroatoms. The summed E-state index contributed by atoms with van der Waals surface area (Å²) in [5.41, 5.74) is 3.01. The van der Waals surface area contributed by atoms with E-state index in [9.17, 15) is 9.59 Å². The van der Waals surface area contributed by atoms with Crippen molar-refractivity contribution in [2.45, 2.75) is 69.0 Å². The van der Waals surface area contributed by atoms with Gasteiger partial charge in [-0.05, 0) is 55.2 Å². The molecule has 0 aliphatic heterocycles. The number of nitrogens with zero attached hydrogens (tertiary/aromatic N) is 1. The summed E-state index contributed by atoms with van der Waals surface area (Å²) in [6.07, 6.45) is 5.84. The summed E-state index contributed by atoms with van der Waals surface area (Å²) < 4.78 is 0. The lowest BCUT2D eigenvalue weighted by molar-refractivity contribution is -0.139. The summed E-state index contributed by atoms with van der Waals surface area (Å²) in [6.45, 7) is 2.30. The third-order valence-electron chi connectivity index (χ3n) is 6.94. The van der Waals surface area contributed by atoms with E-state index in [0.717, 1.165) is 41.7 Å². The molecule has 1 fully saturated rings. The highest BCUT2D eigenvalue weighted by atomic mass is 35.5. The highest BCUT2D eigenvalue weighted by molar-refractivity contribution is 8.00. The molecular formula is C31H34Cl2N2O2S. The van der Waals surface area contributed by atoms with Crippen molar-refractivity contribution in [2.24, 2.45) is 0 Å². The number of hydrogen-bond acceptors (Lipinski definition) is 3. The molecular weight excluding hydrogens is 535 g/mol. The Morgan fingerprint density at radius 3 is 2.32 bits per heavy atom. The van der Waals surface area contributed by atoms with Crippen LogP contribution in [-0.2, 0) is 22.6 Å². The zero-order chi connectivity index (χ0) is 26.9. The Hall–Kier alpha value is -2.47. The van der Waals surface area contributed by atoms with Crippen molar-refractivity contribution in [3.05, 3.63) is 99.5 Å². The Kier molecular flexibility index (Phi) is 10.6. The van der Waals surface area contributed by atoms with Crippen LogP contribution in [0.2, 0.25) is 10.0 Å². The summed E-state index contributed by atoms with van der Waals surface area (Å²) in [7, 11) is 0. The van der Waals surface area contributed by atoms with Crippen LogP contribution < -0.4 is 5.32 Å². The number of carbonyl (C=O) groups is 2. The molecule has 4 rings (SSSR count). The average Bonchev–Trinajstić information content (AvgIpc) is 2.93. The third-order valence-corrected chi connectivity index (χ3v) is 8.68. The normalized spacial score (nSPS) is 14.6. The van der Waals surface area contributed by atoms with E-state index in [1.165, 1.54) is 23.7 Å². The van der Waals surface area contributed by atoms with E-state index in [1.54, 1.807) is 17.0 Å². The number of amides is 2. The lowest BCUT2D eigenvalue weighted by atomic mass is 9.94. The van der Waals surface area contributed by atoms with Crippen molar-refractivity contribution < 1.29 is 9.59 Å². The smallest absolute Gasteiger partial charge is 0.243 e. The highest BCUT2D eigenvalue weighted by Gasteiger charge is 2.32. The number of halogens is 2. The second kappa shape index (κ2) is 14.1. The number of benzene rings is 3. The second-order valence-corrected chi connectivity index (χ2v) is 11.8. The molecule has 1 N–H and O–H groups in total. The fourth-order valence-electron chi connectivity index (χ4n) is 4.80. The minimum absolute atomic E-state index is 0.0960. The van der Waals surface area contributed by atoms with Crippen LogP contribution in [0.3, 0.4) is 0 Å². The number of rotatable bonds is 10. The summed E-state index contributed by atoms with van der Waals surface area (Å²) in [6, 6.07) is 22.9. The van der Waals surface area contributed by atoms with Gasteiger partial charge in [-0.3, -0.25) is 9.59 Å². The molecule has 0 aromatic heterocycles. The van der Waals surface area contributed by atoms with Gasteiger partial charge < -0.3 is 10.2 Å². The van der Waals surface area contributed by atoms with Crippen LogP contribution in [0, 0.1) is 6.92 Å². The Bertz CT molecular complexity index is 1210. The van der Waals surface area contributed by atoms with Crippen molar-refractivity contribution in [2.75, 3.05) is 5.75 Å². The maximum absolute atomic E-state index is 13.8. The van der Waals surface area contributed by atoms with Crippen molar-refractivity contribution in [1.82, 2.24) is 10.2 Å². The average molecular weight is 570 g/mol. The topological polar surface area (TPSA) is 49.4 Å². The van der Waals surface area contributed by atoms with Gasteiger partial charge in [-0.2, -0.15) is 0 Å². The van der Waals surface area contributed by atoms with Crippen LogP contribution in [0.15, 0.2) is 77.7 Å². The molecule has 1 atom stereocenters. The van der Waals surface area contributed by atoms with E-state index >= 15 is 0 Å². The zero-order valence-corrected chi connectivity index (χ0v) is 24.0. The van der Waals surface area contributed by atoms with Crippen LogP contribution in [0.1, 0.15) is 48.8 Å². The Morgan fingerprint density at radius 1 is 0.921 bits per heavy atom. The monoisotopic (exact) mass is 568 g/mol. The van der Waals surface area contributed by atoms with Gasteiger partial charge in [0.2, 0.25) is 11.8 Å². The SMILES string of the molecule is Cc1ccc(SCC(=O)N(Cc2ccc(Cl)c(Cl)c2)C(Cc2ccccc2)C(=O)NC2CCCCC2)cc1. The molecule has 0 saturated heterocycles. The molecule has 4 nitrogen and oxygen atoms in total. The molecule has 200 valence electrons. The molecule has 3 aromatic carbocycles. The van der Waals surface area contributed by atoms with E-state index in [0.29, 0.717) is 16.5 Å². The van der Waals surface area contributed by atoms with Gasteiger partial charge in [0.1, 0.15) is 6.04 Å². The number of hydrogen-bond donors (Lipinski definition) is 1. The quantitative estimate of drug-likeness (QED) is 0.258. The number of aryl methyl sites for hydroxylation is 1. The lowest BCUT2D eigenvalue weighted by Gasteiger charge is -2.33. The van der Waals surface area contributed by atoms with Gasteiger partial charge in [-0.25, -0.2) is 0 Å². The molecule has 0 spiro atoms. The Morgan fingerprint density at radius 2 is 1.63 bits per heavy atom. The first-order valence-electron chi connectivity index (χ1n) is 13.2. The summed E-state index contributed by atoms with van der Waals surface area (Å²) >= 11 is 14.0. The Balaban J connectivity index is 1.62. The van der Waals surface area contributed by atoms with E-state index < -0.39 is 6.04 Å². The van der Waals surface area contributed by atoms with Crippen LogP contribution in [-0.4, -0.2) is 34.6 Å². The number of thioether (sulfide) groups is 1. The van der Waals surface area contributed by atoms with Gasteiger partial charge in [0, 0.05) is 23.9 Å². The van der Waals surface area contributed by atoms with E-state index in [1.807, 2.05) is 67.6 Å². The molecule has 2 amide bonds. The van der Waals surface area contributed by atoms with Gasteiger partial charge in [0.05, 0.1) is 15.8 Å². The van der Waals surface area contributed by atoms with E-state index in [2.05, 4.69) is 5.32 Å². The van der Waals surface area contributed by atoms with Gasteiger partial charge in [-0.1, -0.05) is 96.6 Å². The summed E-state index contributed by atoms with van der Waals surface area (Å²) in [5, 5.41) is 4.16. The zero-order valence-electron chi connectivity index (χ0n) is 21.7.